The Hall–Kier alpha value is -2.50. The molecule has 0 N–H and O–H groups in total. The molecule has 3 aliphatic rings. The van der Waals surface area contributed by atoms with E-state index in [0.29, 0.717) is 20.7 Å². The van der Waals surface area contributed by atoms with Gasteiger partial charge < -0.3 is 9.80 Å². The number of aromatic nitrogens is 3. The van der Waals surface area contributed by atoms with E-state index < -0.39 is 0 Å². The van der Waals surface area contributed by atoms with Crippen molar-refractivity contribution >= 4 is 25.3 Å². The molecule has 1 fully saturated rings. The lowest BCUT2D eigenvalue weighted by Crippen LogP contribution is -2.54. The van der Waals surface area contributed by atoms with E-state index in [1.54, 1.807) is 6.08 Å². The third-order valence-electron chi connectivity index (χ3n) is 6.82. The Morgan fingerprint density at radius 3 is 2.82 bits per heavy atom. The fourth-order valence-corrected chi connectivity index (χ4v) is 6.48. The highest BCUT2D eigenvalue weighted by molar-refractivity contribution is 7.51. The van der Waals surface area contributed by atoms with Gasteiger partial charge in [-0.15, -0.1) is 0 Å². The lowest BCUT2D eigenvalue weighted by Gasteiger charge is -2.44. The van der Waals surface area contributed by atoms with Crippen molar-refractivity contribution in [3.05, 3.63) is 59.5 Å². The molecule has 0 aromatic carbocycles. The SMILES string of the molecule is CCc1nc(C)cn2nc(C3=CC(=O)N4C=C(N5CCN(C(C)C)C(C)C5)C=CC4P3)cc12. The van der Waals surface area contributed by atoms with Gasteiger partial charge in [0.05, 0.1) is 40.3 Å². The van der Waals surface area contributed by atoms with Gasteiger partial charge in [0, 0.05) is 49.3 Å². The van der Waals surface area contributed by atoms with E-state index >= 15 is 0 Å². The van der Waals surface area contributed by atoms with Gasteiger partial charge in [0.15, 0.2) is 0 Å². The number of amides is 1. The number of fused-ring (bicyclic) bond motifs is 2. The van der Waals surface area contributed by atoms with Crippen LogP contribution < -0.4 is 0 Å². The maximum absolute atomic E-state index is 13.1. The Balaban J connectivity index is 1.37. The normalized spacial score (nSPS) is 24.6. The summed E-state index contributed by atoms with van der Waals surface area (Å²) in [4.78, 5) is 24.6. The molecular formula is C25H33N6OP. The van der Waals surface area contributed by atoms with Crippen molar-refractivity contribution in [3.8, 4) is 0 Å². The summed E-state index contributed by atoms with van der Waals surface area (Å²) in [5.74, 6) is 0.0949. The van der Waals surface area contributed by atoms with Gasteiger partial charge in [-0.3, -0.25) is 14.7 Å². The van der Waals surface area contributed by atoms with Gasteiger partial charge in [0.2, 0.25) is 0 Å². The van der Waals surface area contributed by atoms with Crippen LogP contribution in [0, 0.1) is 6.92 Å². The summed E-state index contributed by atoms with van der Waals surface area (Å²) in [6.07, 6.45) is 11.0. The monoisotopic (exact) mass is 464 g/mol. The largest absolute Gasteiger partial charge is 0.368 e. The van der Waals surface area contributed by atoms with E-state index in [2.05, 4.69) is 66.9 Å². The molecule has 0 radical (unpaired) electrons. The number of hydrogen-bond donors (Lipinski definition) is 0. The minimum absolute atomic E-state index is 0.0338. The Bertz CT molecular complexity index is 1180. The fourth-order valence-electron chi connectivity index (χ4n) is 5.15. The van der Waals surface area contributed by atoms with Gasteiger partial charge in [0.25, 0.3) is 5.91 Å². The van der Waals surface area contributed by atoms with E-state index in [1.807, 2.05) is 22.5 Å². The molecule has 7 nitrogen and oxygen atoms in total. The van der Waals surface area contributed by atoms with Crippen LogP contribution in [-0.2, 0) is 11.2 Å². The molecule has 0 aliphatic carbocycles. The predicted molar refractivity (Wildman–Crippen MR) is 134 cm³/mol. The molecular weight excluding hydrogens is 431 g/mol. The minimum atomic E-state index is 0.0338. The van der Waals surface area contributed by atoms with Crippen molar-refractivity contribution in [2.24, 2.45) is 0 Å². The number of carbonyl (C=O) groups excluding carboxylic acids is 1. The fraction of sp³-hybridized carbons (Fsp3) is 0.480. The van der Waals surface area contributed by atoms with Crippen molar-refractivity contribution < 1.29 is 4.79 Å². The molecule has 1 saturated heterocycles. The highest BCUT2D eigenvalue weighted by Gasteiger charge is 2.32. The van der Waals surface area contributed by atoms with Crippen LogP contribution in [0.5, 0.6) is 0 Å². The summed E-state index contributed by atoms with van der Waals surface area (Å²) >= 11 is 0. The minimum Gasteiger partial charge on any atom is -0.368 e. The summed E-state index contributed by atoms with van der Waals surface area (Å²) < 4.78 is 1.91. The van der Waals surface area contributed by atoms with Crippen molar-refractivity contribution in [2.75, 3.05) is 19.6 Å². The van der Waals surface area contributed by atoms with Gasteiger partial charge in [-0.2, -0.15) is 5.10 Å². The first-order chi connectivity index (χ1) is 15.8. The summed E-state index contributed by atoms with van der Waals surface area (Å²) in [7, 11) is 0.463. The van der Waals surface area contributed by atoms with Crippen LogP contribution in [0.1, 0.15) is 44.8 Å². The maximum atomic E-state index is 13.1. The van der Waals surface area contributed by atoms with Crippen molar-refractivity contribution in [1.82, 2.24) is 29.3 Å². The topological polar surface area (TPSA) is 57.0 Å². The predicted octanol–water partition coefficient (Wildman–Crippen LogP) is 3.61. The molecule has 5 heterocycles. The Morgan fingerprint density at radius 1 is 1.27 bits per heavy atom. The molecule has 1 amide bonds. The Kier molecular flexibility index (Phi) is 5.87. The second-order valence-corrected chi connectivity index (χ2v) is 10.9. The second kappa shape index (κ2) is 8.69. The first-order valence-electron chi connectivity index (χ1n) is 11.9. The number of carbonyl (C=O) groups is 1. The van der Waals surface area contributed by atoms with Crippen molar-refractivity contribution in [2.45, 2.75) is 58.9 Å². The van der Waals surface area contributed by atoms with Crippen LogP contribution in [0.4, 0.5) is 0 Å². The second-order valence-electron chi connectivity index (χ2n) is 9.47. The van der Waals surface area contributed by atoms with E-state index in [1.165, 1.54) is 0 Å². The van der Waals surface area contributed by atoms with E-state index in [0.717, 1.165) is 59.7 Å². The van der Waals surface area contributed by atoms with Crippen LogP contribution in [0.3, 0.4) is 0 Å². The van der Waals surface area contributed by atoms with Gasteiger partial charge in [-0.1, -0.05) is 21.6 Å². The zero-order chi connectivity index (χ0) is 23.3. The molecule has 33 heavy (non-hydrogen) atoms. The molecule has 0 spiro atoms. The summed E-state index contributed by atoms with van der Waals surface area (Å²) in [6.45, 7) is 13.9. The number of piperazine rings is 1. The zero-order valence-corrected chi connectivity index (χ0v) is 21.1. The Labute approximate surface area is 197 Å². The lowest BCUT2D eigenvalue weighted by atomic mass is 10.1. The third kappa shape index (κ3) is 4.13. The van der Waals surface area contributed by atoms with Crippen LogP contribution in [0.25, 0.3) is 10.8 Å². The maximum Gasteiger partial charge on any atom is 0.252 e. The summed E-state index contributed by atoms with van der Waals surface area (Å²) in [5, 5.41) is 5.81. The van der Waals surface area contributed by atoms with Crippen molar-refractivity contribution in [1.29, 1.82) is 0 Å². The Morgan fingerprint density at radius 2 is 2.09 bits per heavy atom. The highest BCUT2D eigenvalue weighted by Crippen LogP contribution is 2.44. The van der Waals surface area contributed by atoms with Gasteiger partial charge in [0.1, 0.15) is 0 Å². The smallest absolute Gasteiger partial charge is 0.252 e. The molecule has 8 heteroatoms. The summed E-state index contributed by atoms with van der Waals surface area (Å²) in [5.41, 5.74) is 5.03. The molecule has 3 aliphatic heterocycles. The molecule has 2 aromatic heterocycles. The number of hydrogen-bond acceptors (Lipinski definition) is 5. The van der Waals surface area contributed by atoms with Crippen molar-refractivity contribution in [3.63, 3.8) is 0 Å². The van der Waals surface area contributed by atoms with Gasteiger partial charge in [-0.05, 0) is 46.3 Å². The average Bonchev–Trinajstić information content (AvgIpc) is 3.22. The van der Waals surface area contributed by atoms with Crippen LogP contribution >= 0.6 is 8.58 Å². The standard InChI is InChI=1S/C25H33N6OP/c1-6-20-22-11-21(27-31(22)13-17(4)26-20)23-12-24(32)30-15-19(7-8-25(30)33-23)28-9-10-29(16(2)3)18(5)14-28/h7-8,11-13,15-16,18,25,33H,6,9-10,14H2,1-5H3. The number of aryl methyl sites for hydroxylation is 2. The number of rotatable bonds is 4. The quantitative estimate of drug-likeness (QED) is 0.647. The highest BCUT2D eigenvalue weighted by atomic mass is 31.1. The molecule has 2 aromatic rings. The first kappa shape index (κ1) is 22.3. The third-order valence-corrected chi connectivity index (χ3v) is 8.29. The molecule has 5 rings (SSSR count). The number of nitrogens with zero attached hydrogens (tertiary/aromatic N) is 6. The summed E-state index contributed by atoms with van der Waals surface area (Å²) in [6, 6.07) is 3.14. The van der Waals surface area contributed by atoms with Gasteiger partial charge in [-0.25, -0.2) is 4.52 Å². The van der Waals surface area contributed by atoms with Crippen LogP contribution in [-0.4, -0.2) is 72.7 Å². The lowest BCUT2D eigenvalue weighted by molar-refractivity contribution is -0.123. The molecule has 174 valence electrons. The van der Waals surface area contributed by atoms with E-state index in [-0.39, 0.29) is 11.7 Å². The number of allylic oxidation sites excluding steroid dienone is 1. The van der Waals surface area contributed by atoms with E-state index in [9.17, 15) is 4.79 Å². The average molecular weight is 465 g/mol. The molecule has 0 bridgehead atoms. The molecule has 3 unspecified atom stereocenters. The molecule has 3 atom stereocenters. The van der Waals surface area contributed by atoms with E-state index in [4.69, 9.17) is 5.10 Å². The zero-order valence-electron chi connectivity index (χ0n) is 20.1. The first-order valence-corrected chi connectivity index (χ1v) is 13.0. The van der Waals surface area contributed by atoms with Crippen LogP contribution in [0.15, 0.2) is 42.4 Å². The molecule has 0 saturated carbocycles. The van der Waals surface area contributed by atoms with Gasteiger partial charge >= 0.3 is 0 Å². The van der Waals surface area contributed by atoms with Crippen LogP contribution in [0.2, 0.25) is 0 Å².